The molecule has 2 atom stereocenters. The van der Waals surface area contributed by atoms with Crippen LogP contribution in [0.2, 0.25) is 0 Å². The Kier molecular flexibility index (Phi) is 3.84. The lowest BCUT2D eigenvalue weighted by molar-refractivity contribution is -0.156. The number of esters is 2. The topological polar surface area (TPSA) is 52.6 Å². The highest BCUT2D eigenvalue weighted by atomic mass is 16.6. The van der Waals surface area contributed by atoms with Crippen molar-refractivity contribution in [2.24, 2.45) is 5.92 Å². The van der Waals surface area contributed by atoms with E-state index in [4.69, 9.17) is 9.47 Å². The van der Waals surface area contributed by atoms with Gasteiger partial charge in [-0.25, -0.2) is 4.79 Å². The van der Waals surface area contributed by atoms with Gasteiger partial charge in [-0.2, -0.15) is 0 Å². The van der Waals surface area contributed by atoms with Gasteiger partial charge in [0, 0.05) is 0 Å². The third kappa shape index (κ3) is 3.18. The molecule has 1 aromatic rings. The van der Waals surface area contributed by atoms with E-state index in [2.05, 4.69) is 0 Å². The zero-order valence-electron chi connectivity index (χ0n) is 12.3. The van der Waals surface area contributed by atoms with Crippen molar-refractivity contribution in [1.82, 2.24) is 0 Å². The van der Waals surface area contributed by atoms with Gasteiger partial charge in [-0.15, -0.1) is 0 Å². The second-order valence-corrected chi connectivity index (χ2v) is 6.06. The van der Waals surface area contributed by atoms with E-state index in [1.54, 1.807) is 12.1 Å². The van der Waals surface area contributed by atoms with Crippen molar-refractivity contribution in [1.29, 1.82) is 0 Å². The summed E-state index contributed by atoms with van der Waals surface area (Å²) < 4.78 is 10.2. The highest BCUT2D eigenvalue weighted by Gasteiger charge is 2.47. The van der Waals surface area contributed by atoms with Crippen molar-refractivity contribution in [2.75, 3.05) is 7.11 Å². The number of rotatable bonds is 3. The molecule has 0 N–H and O–H groups in total. The second kappa shape index (κ2) is 5.27. The van der Waals surface area contributed by atoms with E-state index in [-0.39, 0.29) is 23.8 Å². The zero-order valence-corrected chi connectivity index (χ0v) is 12.3. The van der Waals surface area contributed by atoms with Gasteiger partial charge >= 0.3 is 11.9 Å². The van der Waals surface area contributed by atoms with E-state index in [1.165, 1.54) is 7.11 Å². The first kappa shape index (κ1) is 14.6. The molecule has 2 unspecified atom stereocenters. The van der Waals surface area contributed by atoms with Crippen LogP contribution in [-0.2, 0) is 14.3 Å². The maximum atomic E-state index is 12.0. The van der Waals surface area contributed by atoms with Gasteiger partial charge in [0.15, 0.2) is 0 Å². The van der Waals surface area contributed by atoms with Crippen molar-refractivity contribution in [2.45, 2.75) is 38.7 Å². The van der Waals surface area contributed by atoms with Gasteiger partial charge in [0.25, 0.3) is 0 Å². The molecule has 0 amide bonds. The van der Waals surface area contributed by atoms with Crippen LogP contribution in [0.1, 0.15) is 49.0 Å². The molecule has 20 heavy (non-hydrogen) atoms. The van der Waals surface area contributed by atoms with Crippen molar-refractivity contribution >= 4 is 11.9 Å². The second-order valence-electron chi connectivity index (χ2n) is 6.06. The van der Waals surface area contributed by atoms with Crippen LogP contribution >= 0.6 is 0 Å². The van der Waals surface area contributed by atoms with E-state index in [0.717, 1.165) is 12.0 Å². The minimum Gasteiger partial charge on any atom is -0.465 e. The van der Waals surface area contributed by atoms with Crippen LogP contribution in [-0.4, -0.2) is 24.6 Å². The predicted molar refractivity (Wildman–Crippen MR) is 74.5 cm³/mol. The molecule has 0 bridgehead atoms. The number of hydrogen-bond acceptors (Lipinski definition) is 4. The molecule has 1 aliphatic rings. The summed E-state index contributed by atoms with van der Waals surface area (Å²) in [5.41, 5.74) is 0.924. The molecule has 1 fully saturated rings. The Balaban J connectivity index is 2.13. The largest absolute Gasteiger partial charge is 0.465 e. The van der Waals surface area contributed by atoms with Crippen molar-refractivity contribution in [3.8, 4) is 0 Å². The molecule has 0 radical (unpaired) electrons. The van der Waals surface area contributed by atoms with Crippen LogP contribution in [0.25, 0.3) is 0 Å². The Labute approximate surface area is 119 Å². The molecular weight excluding hydrogens is 256 g/mol. The number of carbonyl (C=O) groups is 2. The summed E-state index contributed by atoms with van der Waals surface area (Å²) in [6.07, 6.45) is 0.725. The Morgan fingerprint density at radius 2 is 1.85 bits per heavy atom. The summed E-state index contributed by atoms with van der Waals surface area (Å²) in [4.78, 5) is 23.8. The third-order valence-electron chi connectivity index (χ3n) is 3.27. The minimum absolute atomic E-state index is 0.0557. The smallest absolute Gasteiger partial charge is 0.338 e. The first-order valence-electron chi connectivity index (χ1n) is 6.73. The average Bonchev–Trinajstić information content (AvgIpc) is 3.16. The molecule has 4 nitrogen and oxygen atoms in total. The number of methoxy groups -OCH3 is 1. The Morgan fingerprint density at radius 3 is 2.45 bits per heavy atom. The molecule has 4 heteroatoms. The molecule has 2 rings (SSSR count). The van der Waals surface area contributed by atoms with Crippen LogP contribution in [0.15, 0.2) is 24.3 Å². The highest BCUT2D eigenvalue weighted by molar-refractivity contribution is 5.92. The summed E-state index contributed by atoms with van der Waals surface area (Å²) in [5, 5.41) is 0. The van der Waals surface area contributed by atoms with Gasteiger partial charge in [0.1, 0.15) is 5.60 Å². The van der Waals surface area contributed by atoms with Crippen molar-refractivity contribution in [3.05, 3.63) is 35.4 Å². The summed E-state index contributed by atoms with van der Waals surface area (Å²) in [6.45, 7) is 5.56. The first-order chi connectivity index (χ1) is 9.33. The standard InChI is InChI=1S/C16H20O4/c1-16(2,3)20-15(18)13-9-12(13)10-7-5-6-8-11(10)14(17)19-4/h5-8,12-13H,9H2,1-4H3. The van der Waals surface area contributed by atoms with E-state index in [0.29, 0.717) is 5.56 Å². The fourth-order valence-electron chi connectivity index (χ4n) is 2.29. The van der Waals surface area contributed by atoms with Gasteiger partial charge in [-0.1, -0.05) is 18.2 Å². The molecule has 0 saturated heterocycles. The highest BCUT2D eigenvalue weighted by Crippen LogP contribution is 2.49. The number of ether oxygens (including phenoxy) is 2. The molecule has 0 aliphatic heterocycles. The Hall–Kier alpha value is -1.84. The summed E-state index contributed by atoms with van der Waals surface area (Å²) >= 11 is 0. The summed E-state index contributed by atoms with van der Waals surface area (Å²) in [6, 6.07) is 7.26. The zero-order chi connectivity index (χ0) is 14.9. The van der Waals surface area contributed by atoms with Crippen LogP contribution < -0.4 is 0 Å². The van der Waals surface area contributed by atoms with Gasteiger partial charge < -0.3 is 9.47 Å². The molecule has 0 heterocycles. The van der Waals surface area contributed by atoms with Gasteiger partial charge in [0.2, 0.25) is 0 Å². The minimum atomic E-state index is -0.480. The van der Waals surface area contributed by atoms with E-state index in [9.17, 15) is 9.59 Å². The predicted octanol–water partition coefficient (Wildman–Crippen LogP) is 2.92. The average molecular weight is 276 g/mol. The SMILES string of the molecule is COC(=O)c1ccccc1C1CC1C(=O)OC(C)(C)C. The maximum Gasteiger partial charge on any atom is 0.338 e. The lowest BCUT2D eigenvalue weighted by Gasteiger charge is -2.19. The van der Waals surface area contributed by atoms with Crippen LogP contribution in [0.3, 0.4) is 0 Å². The monoisotopic (exact) mass is 276 g/mol. The number of benzene rings is 1. The molecule has 0 aromatic heterocycles. The van der Waals surface area contributed by atoms with Gasteiger partial charge in [-0.3, -0.25) is 4.79 Å². The molecule has 1 saturated carbocycles. The van der Waals surface area contributed by atoms with Gasteiger partial charge in [0.05, 0.1) is 18.6 Å². The first-order valence-corrected chi connectivity index (χ1v) is 6.73. The summed E-state index contributed by atoms with van der Waals surface area (Å²) in [5.74, 6) is -0.655. The van der Waals surface area contributed by atoms with Gasteiger partial charge in [-0.05, 0) is 44.7 Å². The Bertz CT molecular complexity index is 528. The lowest BCUT2D eigenvalue weighted by atomic mass is 10.0. The number of hydrogen-bond donors (Lipinski definition) is 0. The fourth-order valence-corrected chi connectivity index (χ4v) is 2.29. The van der Waals surface area contributed by atoms with Crippen LogP contribution in [0, 0.1) is 5.92 Å². The molecule has 108 valence electrons. The molecular formula is C16H20O4. The van der Waals surface area contributed by atoms with Crippen molar-refractivity contribution < 1.29 is 19.1 Å². The molecule has 1 aromatic carbocycles. The Morgan fingerprint density at radius 1 is 1.20 bits per heavy atom. The van der Waals surface area contributed by atoms with Crippen LogP contribution in [0.4, 0.5) is 0 Å². The number of carbonyl (C=O) groups excluding carboxylic acids is 2. The quantitative estimate of drug-likeness (QED) is 0.796. The third-order valence-corrected chi connectivity index (χ3v) is 3.27. The van der Waals surface area contributed by atoms with E-state index >= 15 is 0 Å². The van der Waals surface area contributed by atoms with E-state index in [1.807, 2.05) is 32.9 Å². The normalized spacial score (nSPS) is 21.2. The molecule has 0 spiro atoms. The fraction of sp³-hybridized carbons (Fsp3) is 0.500. The molecule has 1 aliphatic carbocycles. The lowest BCUT2D eigenvalue weighted by Crippen LogP contribution is -2.25. The maximum absolute atomic E-state index is 12.0. The van der Waals surface area contributed by atoms with Crippen LogP contribution in [0.5, 0.6) is 0 Å². The van der Waals surface area contributed by atoms with E-state index < -0.39 is 5.60 Å². The summed E-state index contributed by atoms with van der Waals surface area (Å²) in [7, 11) is 1.36. The van der Waals surface area contributed by atoms with Crippen molar-refractivity contribution in [3.63, 3.8) is 0 Å².